The van der Waals surface area contributed by atoms with Gasteiger partial charge in [0.15, 0.2) is 12.4 Å². The summed E-state index contributed by atoms with van der Waals surface area (Å²) < 4.78 is 18.3. The van der Waals surface area contributed by atoms with Gasteiger partial charge in [0.05, 0.1) is 18.8 Å². The molecule has 1 amide bonds. The highest BCUT2D eigenvalue weighted by atomic mass is 16.7. The molecule has 3 aromatic carbocycles. The predicted octanol–water partition coefficient (Wildman–Crippen LogP) is 4.57. The van der Waals surface area contributed by atoms with Crippen LogP contribution in [0.1, 0.15) is 54.9 Å². The third kappa shape index (κ3) is 9.07. The van der Waals surface area contributed by atoms with Gasteiger partial charge in [0, 0.05) is 70.6 Å². The number of nitrogens with one attached hydrogen (secondary N) is 1. The van der Waals surface area contributed by atoms with E-state index in [9.17, 15) is 14.7 Å². The van der Waals surface area contributed by atoms with Crippen LogP contribution < -0.4 is 10.2 Å². The molecule has 2 aliphatic rings. The minimum Gasteiger partial charge on any atom is -0.453 e. The second kappa shape index (κ2) is 16.1. The minimum atomic E-state index is -0.860. The largest absolute Gasteiger partial charge is 0.453 e. The van der Waals surface area contributed by atoms with Crippen molar-refractivity contribution >= 4 is 17.8 Å². The van der Waals surface area contributed by atoms with Gasteiger partial charge in [0.25, 0.3) is 5.91 Å². The Morgan fingerprint density at radius 3 is 2.33 bits per heavy atom. The van der Waals surface area contributed by atoms with Gasteiger partial charge in [-0.25, -0.2) is 9.97 Å². The maximum Gasteiger partial charge on any atom is 0.303 e. The molecule has 0 saturated carbocycles. The van der Waals surface area contributed by atoms with E-state index < -0.39 is 18.4 Å². The number of esters is 1. The zero-order chi connectivity index (χ0) is 34.2. The monoisotopic (exact) mass is 665 g/mol. The second-order valence-electron chi connectivity index (χ2n) is 12.5. The molecule has 256 valence electrons. The SMILES string of the molecule is CC(=O)OC(C)C(=O)NCc1cccc(-c2cccc(C3OC(CN4CCN(c5ncccn5)CC4)CC(c4ccc(CO)cc4)O3)c2)c1. The third-order valence-electron chi connectivity index (χ3n) is 8.88. The molecule has 0 bridgehead atoms. The molecule has 6 rings (SSSR count). The minimum absolute atomic E-state index is 0.00602. The first kappa shape index (κ1) is 34.2. The molecule has 49 heavy (non-hydrogen) atoms. The summed E-state index contributed by atoms with van der Waals surface area (Å²) >= 11 is 0. The van der Waals surface area contributed by atoms with Crippen molar-refractivity contribution in [2.45, 2.75) is 58.0 Å². The number of aliphatic hydroxyl groups is 1. The van der Waals surface area contributed by atoms with Crippen molar-refractivity contribution in [2.75, 3.05) is 37.6 Å². The average molecular weight is 666 g/mol. The summed E-state index contributed by atoms with van der Waals surface area (Å²) in [6, 6.07) is 25.9. The quantitative estimate of drug-likeness (QED) is 0.220. The zero-order valence-electron chi connectivity index (χ0n) is 27.9. The van der Waals surface area contributed by atoms with E-state index in [1.807, 2.05) is 72.8 Å². The zero-order valence-corrected chi connectivity index (χ0v) is 27.9. The van der Waals surface area contributed by atoms with E-state index in [0.717, 1.165) is 72.1 Å². The smallest absolute Gasteiger partial charge is 0.303 e. The van der Waals surface area contributed by atoms with Gasteiger partial charge in [-0.2, -0.15) is 0 Å². The molecule has 2 saturated heterocycles. The van der Waals surface area contributed by atoms with Crippen molar-refractivity contribution in [2.24, 2.45) is 0 Å². The first-order chi connectivity index (χ1) is 23.8. The molecular formula is C38H43N5O6. The molecule has 3 heterocycles. The van der Waals surface area contributed by atoms with Crippen LogP contribution in [0.15, 0.2) is 91.3 Å². The van der Waals surface area contributed by atoms with Crippen molar-refractivity contribution in [3.63, 3.8) is 0 Å². The van der Waals surface area contributed by atoms with E-state index in [0.29, 0.717) is 13.0 Å². The Balaban J connectivity index is 1.16. The summed E-state index contributed by atoms with van der Waals surface area (Å²) in [4.78, 5) is 37.1. The number of nitrogens with zero attached hydrogens (tertiary/aromatic N) is 4. The maximum absolute atomic E-state index is 12.4. The Morgan fingerprint density at radius 1 is 0.898 bits per heavy atom. The van der Waals surface area contributed by atoms with Crippen LogP contribution in [0.25, 0.3) is 11.1 Å². The number of carbonyl (C=O) groups excluding carboxylic acids is 2. The lowest BCUT2D eigenvalue weighted by Gasteiger charge is -2.40. The molecule has 0 spiro atoms. The number of hydrogen-bond acceptors (Lipinski definition) is 10. The number of aliphatic hydroxyl groups excluding tert-OH is 1. The van der Waals surface area contributed by atoms with Crippen LogP contribution in [0.4, 0.5) is 5.95 Å². The van der Waals surface area contributed by atoms with Crippen molar-refractivity contribution in [1.82, 2.24) is 20.2 Å². The van der Waals surface area contributed by atoms with Crippen molar-refractivity contribution < 1.29 is 28.9 Å². The average Bonchev–Trinajstić information content (AvgIpc) is 3.14. The molecule has 2 fully saturated rings. The van der Waals surface area contributed by atoms with Crippen molar-refractivity contribution in [1.29, 1.82) is 0 Å². The van der Waals surface area contributed by atoms with Crippen molar-refractivity contribution in [3.05, 3.63) is 114 Å². The molecule has 11 nitrogen and oxygen atoms in total. The summed E-state index contributed by atoms with van der Waals surface area (Å²) in [7, 11) is 0. The highest BCUT2D eigenvalue weighted by molar-refractivity contribution is 5.82. The normalized spacial score (nSPS) is 20.4. The molecule has 4 atom stereocenters. The Hall–Kier alpha value is -4.68. The summed E-state index contributed by atoms with van der Waals surface area (Å²) in [6.07, 6.45) is 2.58. The Bertz CT molecular complexity index is 1700. The fourth-order valence-corrected chi connectivity index (χ4v) is 6.27. The lowest BCUT2D eigenvalue weighted by atomic mass is 9.98. The first-order valence-corrected chi connectivity index (χ1v) is 16.7. The number of amides is 1. The van der Waals surface area contributed by atoms with Gasteiger partial charge in [-0.05, 0) is 52.9 Å². The molecule has 2 N–H and O–H groups in total. The van der Waals surface area contributed by atoms with E-state index in [2.05, 4.69) is 31.2 Å². The number of hydrogen-bond donors (Lipinski definition) is 2. The number of carbonyl (C=O) groups is 2. The Labute approximate surface area is 286 Å². The highest BCUT2D eigenvalue weighted by Crippen LogP contribution is 2.39. The van der Waals surface area contributed by atoms with Crippen LogP contribution in [-0.2, 0) is 37.0 Å². The van der Waals surface area contributed by atoms with E-state index in [4.69, 9.17) is 14.2 Å². The number of rotatable bonds is 11. The Kier molecular flexibility index (Phi) is 11.3. The molecule has 0 aliphatic carbocycles. The van der Waals surface area contributed by atoms with Crippen LogP contribution in [0, 0.1) is 0 Å². The van der Waals surface area contributed by atoms with Gasteiger partial charge >= 0.3 is 5.97 Å². The second-order valence-corrected chi connectivity index (χ2v) is 12.5. The Morgan fingerprint density at radius 2 is 1.61 bits per heavy atom. The fourth-order valence-electron chi connectivity index (χ4n) is 6.27. The number of piperazine rings is 1. The standard InChI is InChI=1S/C38H43N5O6/c1-26(47-27(2)45)36(46)41-23-29-6-3-7-31(20-29)32-8-4-9-33(21-32)37-48-34(22-35(49-37)30-12-10-28(25-44)11-13-30)24-42-16-18-43(19-17-42)38-39-14-5-15-40-38/h3-15,20-21,26,34-35,37,44H,16-19,22-25H2,1-2H3,(H,41,46). The van der Waals surface area contributed by atoms with E-state index in [-0.39, 0.29) is 24.7 Å². The third-order valence-corrected chi connectivity index (χ3v) is 8.88. The topological polar surface area (TPSA) is 126 Å². The molecule has 1 aromatic heterocycles. The number of benzene rings is 3. The predicted molar refractivity (Wildman–Crippen MR) is 184 cm³/mol. The highest BCUT2D eigenvalue weighted by Gasteiger charge is 2.34. The van der Waals surface area contributed by atoms with Gasteiger partial charge in [-0.3, -0.25) is 14.5 Å². The maximum atomic E-state index is 12.4. The van der Waals surface area contributed by atoms with Crippen LogP contribution in [0.2, 0.25) is 0 Å². The van der Waals surface area contributed by atoms with E-state index in [1.54, 1.807) is 19.3 Å². The van der Waals surface area contributed by atoms with Gasteiger partial charge in [0.2, 0.25) is 5.95 Å². The van der Waals surface area contributed by atoms with E-state index >= 15 is 0 Å². The van der Waals surface area contributed by atoms with E-state index in [1.165, 1.54) is 6.92 Å². The lowest BCUT2D eigenvalue weighted by molar-refractivity contribution is -0.253. The molecular weight excluding hydrogens is 622 g/mol. The summed E-state index contributed by atoms with van der Waals surface area (Å²) in [6.45, 7) is 7.36. The lowest BCUT2D eigenvalue weighted by Crippen LogP contribution is -2.50. The number of anilines is 1. The summed E-state index contributed by atoms with van der Waals surface area (Å²) in [5.74, 6) is -0.0822. The molecule has 0 radical (unpaired) electrons. The summed E-state index contributed by atoms with van der Waals surface area (Å²) in [5.41, 5.74) is 5.73. The van der Waals surface area contributed by atoms with Gasteiger partial charge in [-0.1, -0.05) is 60.7 Å². The van der Waals surface area contributed by atoms with Crippen LogP contribution in [0.3, 0.4) is 0 Å². The first-order valence-electron chi connectivity index (χ1n) is 16.7. The molecule has 11 heteroatoms. The van der Waals surface area contributed by atoms with Crippen LogP contribution in [-0.4, -0.2) is 76.8 Å². The van der Waals surface area contributed by atoms with Gasteiger partial charge in [0.1, 0.15) is 0 Å². The number of aromatic nitrogens is 2. The fraction of sp³-hybridized carbons (Fsp3) is 0.368. The van der Waals surface area contributed by atoms with Gasteiger partial charge in [-0.15, -0.1) is 0 Å². The molecule has 4 unspecified atom stereocenters. The van der Waals surface area contributed by atoms with Crippen LogP contribution >= 0.6 is 0 Å². The number of ether oxygens (including phenoxy) is 3. The van der Waals surface area contributed by atoms with Crippen LogP contribution in [0.5, 0.6) is 0 Å². The molecule has 4 aromatic rings. The summed E-state index contributed by atoms with van der Waals surface area (Å²) in [5, 5.41) is 12.4. The van der Waals surface area contributed by atoms with Crippen molar-refractivity contribution in [3.8, 4) is 11.1 Å². The molecule has 2 aliphatic heterocycles. The van der Waals surface area contributed by atoms with Gasteiger partial charge < -0.3 is 29.5 Å².